The summed E-state index contributed by atoms with van der Waals surface area (Å²) in [6, 6.07) is 1.59. The third-order valence-corrected chi connectivity index (χ3v) is 3.07. The van der Waals surface area contributed by atoms with Gasteiger partial charge in [-0.25, -0.2) is 9.78 Å². The number of aromatic nitrogens is 3. The van der Waals surface area contributed by atoms with Crippen molar-refractivity contribution in [1.29, 1.82) is 0 Å². The van der Waals surface area contributed by atoms with Gasteiger partial charge in [0.2, 0.25) is 0 Å². The van der Waals surface area contributed by atoms with Crippen molar-refractivity contribution in [3.63, 3.8) is 0 Å². The SMILES string of the molecule is Cc1csc(NC(=O)NCc2ccnn2C)n1. The number of nitrogens with zero attached hydrogens (tertiary/aromatic N) is 3. The van der Waals surface area contributed by atoms with Crippen LogP contribution < -0.4 is 10.6 Å². The number of hydrogen-bond donors (Lipinski definition) is 2. The Kier molecular flexibility index (Phi) is 3.38. The third kappa shape index (κ3) is 3.04. The largest absolute Gasteiger partial charge is 0.332 e. The molecule has 0 unspecified atom stereocenters. The molecule has 0 aliphatic carbocycles. The van der Waals surface area contributed by atoms with E-state index in [1.54, 1.807) is 10.9 Å². The van der Waals surface area contributed by atoms with Gasteiger partial charge in [-0.3, -0.25) is 10.00 Å². The Morgan fingerprint density at radius 2 is 2.41 bits per heavy atom. The summed E-state index contributed by atoms with van der Waals surface area (Å²) < 4.78 is 1.72. The summed E-state index contributed by atoms with van der Waals surface area (Å²) >= 11 is 1.40. The molecule has 0 fully saturated rings. The Hall–Kier alpha value is -1.89. The van der Waals surface area contributed by atoms with Crippen LogP contribution in [0.5, 0.6) is 0 Å². The fourth-order valence-electron chi connectivity index (χ4n) is 1.30. The number of amides is 2. The normalized spacial score (nSPS) is 10.2. The lowest BCUT2D eigenvalue weighted by Gasteiger charge is -2.05. The molecule has 17 heavy (non-hydrogen) atoms. The van der Waals surface area contributed by atoms with Crippen LogP contribution in [0.3, 0.4) is 0 Å². The van der Waals surface area contributed by atoms with Gasteiger partial charge in [-0.15, -0.1) is 11.3 Å². The number of carbonyl (C=O) groups excluding carboxylic acids is 1. The maximum Gasteiger partial charge on any atom is 0.321 e. The van der Waals surface area contributed by atoms with Crippen molar-refractivity contribution < 1.29 is 4.79 Å². The van der Waals surface area contributed by atoms with E-state index in [4.69, 9.17) is 0 Å². The molecule has 2 N–H and O–H groups in total. The maximum atomic E-state index is 11.5. The van der Waals surface area contributed by atoms with Crippen molar-refractivity contribution in [3.8, 4) is 0 Å². The smallest absolute Gasteiger partial charge is 0.321 e. The zero-order valence-electron chi connectivity index (χ0n) is 9.60. The Bertz CT molecular complexity index is 518. The van der Waals surface area contributed by atoms with Gasteiger partial charge < -0.3 is 5.32 Å². The van der Waals surface area contributed by atoms with E-state index in [1.165, 1.54) is 11.3 Å². The highest BCUT2D eigenvalue weighted by molar-refractivity contribution is 7.13. The summed E-state index contributed by atoms with van der Waals surface area (Å²) in [7, 11) is 1.83. The first-order chi connectivity index (χ1) is 8.15. The van der Waals surface area contributed by atoms with E-state index in [0.29, 0.717) is 11.7 Å². The molecular formula is C10H13N5OS. The number of hydrogen-bond acceptors (Lipinski definition) is 4. The number of nitrogens with one attached hydrogen (secondary N) is 2. The van der Waals surface area contributed by atoms with Gasteiger partial charge in [0, 0.05) is 18.6 Å². The third-order valence-electron chi connectivity index (χ3n) is 2.19. The molecule has 2 aromatic heterocycles. The van der Waals surface area contributed by atoms with Crippen molar-refractivity contribution >= 4 is 22.5 Å². The summed E-state index contributed by atoms with van der Waals surface area (Å²) in [5.41, 5.74) is 1.84. The van der Waals surface area contributed by atoms with Crippen LogP contribution in [0, 0.1) is 6.92 Å². The second-order valence-corrected chi connectivity index (χ2v) is 4.41. The molecule has 0 atom stereocenters. The molecule has 0 aromatic carbocycles. The number of aryl methyl sites for hydroxylation is 2. The average Bonchev–Trinajstić information content (AvgIpc) is 2.85. The van der Waals surface area contributed by atoms with E-state index in [9.17, 15) is 4.79 Å². The van der Waals surface area contributed by atoms with Crippen molar-refractivity contribution in [2.45, 2.75) is 13.5 Å². The highest BCUT2D eigenvalue weighted by Gasteiger charge is 2.05. The summed E-state index contributed by atoms with van der Waals surface area (Å²) in [6.45, 7) is 2.32. The predicted molar refractivity (Wildman–Crippen MR) is 65.9 cm³/mol. The molecule has 0 bridgehead atoms. The van der Waals surface area contributed by atoms with Crippen molar-refractivity contribution in [2.75, 3.05) is 5.32 Å². The van der Waals surface area contributed by atoms with E-state index in [-0.39, 0.29) is 6.03 Å². The molecule has 90 valence electrons. The van der Waals surface area contributed by atoms with E-state index >= 15 is 0 Å². The Balaban J connectivity index is 1.84. The highest BCUT2D eigenvalue weighted by atomic mass is 32.1. The van der Waals surface area contributed by atoms with Crippen molar-refractivity contribution in [1.82, 2.24) is 20.1 Å². The molecule has 0 saturated heterocycles. The van der Waals surface area contributed by atoms with Gasteiger partial charge in [0.05, 0.1) is 17.9 Å². The minimum Gasteiger partial charge on any atom is -0.332 e. The number of anilines is 1. The van der Waals surface area contributed by atoms with Gasteiger partial charge in [-0.2, -0.15) is 5.10 Å². The fraction of sp³-hybridized carbons (Fsp3) is 0.300. The summed E-state index contributed by atoms with van der Waals surface area (Å²) in [6.07, 6.45) is 1.69. The van der Waals surface area contributed by atoms with Gasteiger partial charge >= 0.3 is 6.03 Å². The van der Waals surface area contributed by atoms with Crippen LogP contribution in [0.4, 0.5) is 9.93 Å². The zero-order chi connectivity index (χ0) is 12.3. The second kappa shape index (κ2) is 4.96. The average molecular weight is 251 g/mol. The van der Waals surface area contributed by atoms with Crippen LogP contribution in [-0.2, 0) is 13.6 Å². The first kappa shape index (κ1) is 11.6. The van der Waals surface area contributed by atoms with Gasteiger partial charge in [-0.05, 0) is 13.0 Å². The lowest BCUT2D eigenvalue weighted by molar-refractivity contribution is 0.251. The first-order valence-corrected chi connectivity index (χ1v) is 5.97. The van der Waals surface area contributed by atoms with Crippen LogP contribution in [0.15, 0.2) is 17.6 Å². The van der Waals surface area contributed by atoms with Crippen LogP contribution in [0.1, 0.15) is 11.4 Å². The van der Waals surface area contributed by atoms with E-state index in [2.05, 4.69) is 20.7 Å². The van der Waals surface area contributed by atoms with Gasteiger partial charge in [0.25, 0.3) is 0 Å². The van der Waals surface area contributed by atoms with E-state index in [1.807, 2.05) is 25.4 Å². The topological polar surface area (TPSA) is 71.8 Å². The van der Waals surface area contributed by atoms with Crippen molar-refractivity contribution in [3.05, 3.63) is 29.0 Å². The Morgan fingerprint density at radius 1 is 1.59 bits per heavy atom. The van der Waals surface area contributed by atoms with E-state index < -0.39 is 0 Å². The molecule has 0 spiro atoms. The summed E-state index contributed by atoms with van der Waals surface area (Å²) in [5.74, 6) is 0. The number of rotatable bonds is 3. The van der Waals surface area contributed by atoms with Crippen LogP contribution in [0.2, 0.25) is 0 Å². The van der Waals surface area contributed by atoms with Crippen LogP contribution in [0.25, 0.3) is 0 Å². The lowest BCUT2D eigenvalue weighted by Crippen LogP contribution is -2.28. The zero-order valence-corrected chi connectivity index (χ0v) is 10.4. The quantitative estimate of drug-likeness (QED) is 0.868. The molecule has 0 aliphatic rings. The predicted octanol–water partition coefficient (Wildman–Crippen LogP) is 1.51. The van der Waals surface area contributed by atoms with Crippen LogP contribution >= 0.6 is 11.3 Å². The summed E-state index contributed by atoms with van der Waals surface area (Å²) in [4.78, 5) is 15.7. The molecule has 7 heteroatoms. The number of thiazole rings is 1. The van der Waals surface area contributed by atoms with E-state index in [0.717, 1.165) is 11.4 Å². The minimum absolute atomic E-state index is 0.263. The molecule has 2 heterocycles. The van der Waals surface area contributed by atoms with Gasteiger partial charge in [-0.1, -0.05) is 0 Å². The van der Waals surface area contributed by atoms with Gasteiger partial charge in [0.15, 0.2) is 5.13 Å². The molecule has 0 aliphatic heterocycles. The Morgan fingerprint density at radius 3 is 3.00 bits per heavy atom. The fourth-order valence-corrected chi connectivity index (χ4v) is 1.98. The minimum atomic E-state index is -0.263. The molecule has 2 rings (SSSR count). The summed E-state index contributed by atoms with van der Waals surface area (Å²) in [5, 5.41) is 11.9. The number of carbonyl (C=O) groups is 1. The Labute approximate surface area is 103 Å². The van der Waals surface area contributed by atoms with Crippen molar-refractivity contribution in [2.24, 2.45) is 7.05 Å². The molecule has 2 amide bonds. The molecule has 0 saturated carbocycles. The molecule has 2 aromatic rings. The number of urea groups is 1. The monoisotopic (exact) mass is 251 g/mol. The standard InChI is InChI=1S/C10H13N5OS/c1-7-6-17-10(13-7)14-9(16)11-5-8-3-4-12-15(8)2/h3-4,6H,5H2,1-2H3,(H2,11,13,14,16). The lowest BCUT2D eigenvalue weighted by atomic mass is 10.4. The molecular weight excluding hydrogens is 238 g/mol. The molecule has 6 nitrogen and oxygen atoms in total. The second-order valence-electron chi connectivity index (χ2n) is 3.55. The maximum absolute atomic E-state index is 11.5. The van der Waals surface area contributed by atoms with Gasteiger partial charge in [0.1, 0.15) is 0 Å². The highest BCUT2D eigenvalue weighted by Crippen LogP contribution is 2.13. The first-order valence-electron chi connectivity index (χ1n) is 5.09. The molecule has 0 radical (unpaired) electrons. The van der Waals surface area contributed by atoms with Crippen LogP contribution in [-0.4, -0.2) is 20.8 Å².